The summed E-state index contributed by atoms with van der Waals surface area (Å²) in [7, 11) is 0. The fourth-order valence-corrected chi connectivity index (χ4v) is 0.409. The summed E-state index contributed by atoms with van der Waals surface area (Å²) in [6.07, 6.45) is 7.90. The highest BCUT2D eigenvalue weighted by atomic mass is 16.4. The van der Waals surface area contributed by atoms with Gasteiger partial charge in [-0.05, 0) is 0 Å². The minimum atomic E-state index is -1.03. The monoisotopic (exact) mass is 153 g/mol. The molecular weight excluding hydrogens is 142 g/mol. The molecule has 11 heavy (non-hydrogen) atoms. The summed E-state index contributed by atoms with van der Waals surface area (Å²) in [5, 5.41) is 8.32. The molecule has 60 valence electrons. The number of carbonyl (C=O) groups is 1. The molecule has 0 aromatic heterocycles. The normalized spacial score (nSPS) is 13.9. The highest BCUT2D eigenvalue weighted by Gasteiger charge is 2.04. The van der Waals surface area contributed by atoms with E-state index in [4.69, 9.17) is 10.8 Å². The molecule has 0 amide bonds. The van der Waals surface area contributed by atoms with E-state index in [9.17, 15) is 4.79 Å². The molecule has 0 aromatic rings. The zero-order valence-corrected chi connectivity index (χ0v) is 6.10. The number of nitrogens with two attached hydrogens (primary N) is 1. The first-order chi connectivity index (χ1) is 5.18. The second-order valence-electron chi connectivity index (χ2n) is 1.87. The lowest BCUT2D eigenvalue weighted by molar-refractivity contribution is -0.137. The molecule has 0 spiro atoms. The van der Waals surface area contributed by atoms with Gasteiger partial charge in [0.25, 0.3) is 0 Å². The average molecular weight is 153 g/mol. The summed E-state index contributed by atoms with van der Waals surface area (Å²) >= 11 is 0. The molecule has 0 aliphatic heterocycles. The Morgan fingerprint density at radius 1 is 1.45 bits per heavy atom. The molecule has 0 bridgehead atoms. The Morgan fingerprint density at radius 3 is 2.55 bits per heavy atom. The van der Waals surface area contributed by atoms with Crippen molar-refractivity contribution in [3.8, 4) is 0 Å². The van der Waals surface area contributed by atoms with E-state index in [2.05, 4.69) is 6.58 Å². The second-order valence-corrected chi connectivity index (χ2v) is 1.87. The van der Waals surface area contributed by atoms with E-state index >= 15 is 0 Å². The fraction of sp³-hybridized carbons (Fsp3) is 0.125. The largest absolute Gasteiger partial charge is 0.480 e. The van der Waals surface area contributed by atoms with E-state index in [0.717, 1.165) is 0 Å². The molecule has 0 aliphatic rings. The van der Waals surface area contributed by atoms with E-state index in [0.29, 0.717) is 0 Å². The lowest BCUT2D eigenvalue weighted by Crippen LogP contribution is -2.27. The van der Waals surface area contributed by atoms with Crippen molar-refractivity contribution in [2.75, 3.05) is 0 Å². The molecule has 3 nitrogen and oxygen atoms in total. The Morgan fingerprint density at radius 2 is 2.09 bits per heavy atom. The number of rotatable bonds is 4. The minimum absolute atomic E-state index is 0.926. The molecule has 0 aromatic carbocycles. The Hall–Kier alpha value is -1.35. The second kappa shape index (κ2) is 5.44. The lowest BCUT2D eigenvalue weighted by atomic mass is 10.3. The number of carboxylic acid groups (broad SMARTS) is 1. The van der Waals surface area contributed by atoms with E-state index in [1.165, 1.54) is 6.08 Å². The molecular formula is C8H11NO2. The molecule has 1 atom stereocenters. The van der Waals surface area contributed by atoms with Crippen LogP contribution in [0.2, 0.25) is 0 Å². The van der Waals surface area contributed by atoms with Crippen LogP contribution in [0.15, 0.2) is 37.0 Å². The summed E-state index contributed by atoms with van der Waals surface area (Å²) in [5.41, 5.74) is 5.15. The van der Waals surface area contributed by atoms with Gasteiger partial charge in [0.05, 0.1) is 0 Å². The van der Waals surface area contributed by atoms with Gasteiger partial charge >= 0.3 is 5.97 Å². The third-order valence-electron chi connectivity index (χ3n) is 0.962. The van der Waals surface area contributed by atoms with Gasteiger partial charge in [-0.25, -0.2) is 0 Å². The fourth-order valence-electron chi connectivity index (χ4n) is 0.409. The molecule has 3 heteroatoms. The van der Waals surface area contributed by atoms with Gasteiger partial charge in [0, 0.05) is 0 Å². The highest BCUT2D eigenvalue weighted by Crippen LogP contribution is 1.83. The summed E-state index contributed by atoms with van der Waals surface area (Å²) in [5.74, 6) is -1.03. The third-order valence-corrected chi connectivity index (χ3v) is 0.962. The van der Waals surface area contributed by atoms with Crippen LogP contribution in [0.25, 0.3) is 0 Å². The summed E-state index contributed by atoms with van der Waals surface area (Å²) in [6, 6.07) is -0.926. The van der Waals surface area contributed by atoms with Crippen molar-refractivity contribution in [1.29, 1.82) is 0 Å². The van der Waals surface area contributed by atoms with E-state index in [1.807, 2.05) is 0 Å². The van der Waals surface area contributed by atoms with Crippen LogP contribution in [-0.4, -0.2) is 17.1 Å². The van der Waals surface area contributed by atoms with Crippen LogP contribution in [0.1, 0.15) is 0 Å². The number of aliphatic carboxylic acids is 1. The van der Waals surface area contributed by atoms with Crippen molar-refractivity contribution in [2.24, 2.45) is 5.73 Å². The quantitative estimate of drug-likeness (QED) is 0.584. The van der Waals surface area contributed by atoms with Gasteiger partial charge in [-0.1, -0.05) is 37.0 Å². The molecule has 0 saturated heterocycles. The van der Waals surface area contributed by atoms with E-state index in [1.54, 1.807) is 24.3 Å². The molecule has 0 radical (unpaired) electrons. The number of allylic oxidation sites excluding steroid dienone is 4. The van der Waals surface area contributed by atoms with Gasteiger partial charge in [-0.2, -0.15) is 0 Å². The van der Waals surface area contributed by atoms with Crippen molar-refractivity contribution in [3.05, 3.63) is 37.0 Å². The number of carboxylic acids is 1. The molecule has 0 fully saturated rings. The van der Waals surface area contributed by atoms with Gasteiger partial charge in [-0.15, -0.1) is 0 Å². The topological polar surface area (TPSA) is 63.3 Å². The zero-order chi connectivity index (χ0) is 8.69. The van der Waals surface area contributed by atoms with Gasteiger partial charge in [0.1, 0.15) is 6.04 Å². The Labute approximate surface area is 65.5 Å². The summed E-state index contributed by atoms with van der Waals surface area (Å²) in [4.78, 5) is 10.1. The van der Waals surface area contributed by atoms with Crippen molar-refractivity contribution < 1.29 is 9.90 Å². The summed E-state index contributed by atoms with van der Waals surface area (Å²) in [6.45, 7) is 3.44. The van der Waals surface area contributed by atoms with Crippen molar-refractivity contribution >= 4 is 5.97 Å². The molecule has 3 N–H and O–H groups in total. The maximum Gasteiger partial charge on any atom is 0.324 e. The van der Waals surface area contributed by atoms with Gasteiger partial charge < -0.3 is 10.8 Å². The Balaban J connectivity index is 3.82. The van der Waals surface area contributed by atoms with Gasteiger partial charge in [0.15, 0.2) is 0 Å². The first-order valence-corrected chi connectivity index (χ1v) is 3.12. The van der Waals surface area contributed by atoms with Crippen molar-refractivity contribution in [2.45, 2.75) is 6.04 Å². The SMILES string of the molecule is C=C/C=C\C=C\C(N)C(=O)O. The van der Waals surface area contributed by atoms with Crippen LogP contribution < -0.4 is 5.73 Å². The number of hydrogen-bond donors (Lipinski definition) is 2. The predicted molar refractivity (Wildman–Crippen MR) is 44.1 cm³/mol. The molecule has 0 aliphatic carbocycles. The maximum atomic E-state index is 10.1. The number of hydrogen-bond acceptors (Lipinski definition) is 2. The van der Waals surface area contributed by atoms with Crippen LogP contribution in [-0.2, 0) is 4.79 Å². The third kappa shape index (κ3) is 5.11. The molecule has 0 rings (SSSR count). The van der Waals surface area contributed by atoms with Gasteiger partial charge in [-0.3, -0.25) is 4.79 Å². The molecule has 0 heterocycles. The van der Waals surface area contributed by atoms with Crippen LogP contribution in [0.4, 0.5) is 0 Å². The van der Waals surface area contributed by atoms with Crippen molar-refractivity contribution in [3.63, 3.8) is 0 Å². The van der Waals surface area contributed by atoms with Crippen LogP contribution in [0.3, 0.4) is 0 Å². The summed E-state index contributed by atoms with van der Waals surface area (Å²) < 4.78 is 0. The van der Waals surface area contributed by atoms with Crippen LogP contribution in [0, 0.1) is 0 Å². The first kappa shape index (κ1) is 9.65. The molecule has 1 unspecified atom stereocenters. The minimum Gasteiger partial charge on any atom is -0.480 e. The van der Waals surface area contributed by atoms with Gasteiger partial charge in [0.2, 0.25) is 0 Å². The standard InChI is InChI=1S/C8H11NO2/c1-2-3-4-5-6-7(9)8(10)11/h2-7H,1,9H2,(H,10,11)/b4-3-,6-5+. The van der Waals surface area contributed by atoms with Crippen LogP contribution >= 0.6 is 0 Å². The Bertz CT molecular complexity index is 194. The zero-order valence-electron chi connectivity index (χ0n) is 6.10. The lowest BCUT2D eigenvalue weighted by Gasteiger charge is -1.94. The predicted octanol–water partition coefficient (Wildman–Crippen LogP) is 0.697. The highest BCUT2D eigenvalue weighted by molar-refractivity contribution is 5.75. The smallest absolute Gasteiger partial charge is 0.324 e. The maximum absolute atomic E-state index is 10.1. The first-order valence-electron chi connectivity index (χ1n) is 3.12. The van der Waals surface area contributed by atoms with Crippen LogP contribution in [0.5, 0.6) is 0 Å². The van der Waals surface area contributed by atoms with Crippen molar-refractivity contribution in [1.82, 2.24) is 0 Å². The van der Waals surface area contributed by atoms with E-state index < -0.39 is 12.0 Å². The Kier molecular flexibility index (Phi) is 4.77. The average Bonchev–Trinajstić information content (AvgIpc) is 1.97. The van der Waals surface area contributed by atoms with E-state index in [-0.39, 0.29) is 0 Å². The molecule has 0 saturated carbocycles.